The fourth-order valence-electron chi connectivity index (χ4n) is 3.42. The lowest BCUT2D eigenvalue weighted by Gasteiger charge is -2.16. The average molecular weight is 440 g/mol. The molecule has 30 heavy (non-hydrogen) atoms. The van der Waals surface area contributed by atoms with Crippen molar-refractivity contribution < 1.29 is 14.0 Å². The molecule has 3 aromatic rings. The van der Waals surface area contributed by atoms with Gasteiger partial charge in [-0.15, -0.1) is 18.2 Å². The number of hydrogen-bond donors (Lipinski definition) is 0. The Labute approximate surface area is 181 Å². The van der Waals surface area contributed by atoms with E-state index in [1.54, 1.807) is 15.5 Å². The van der Waals surface area contributed by atoms with E-state index in [1.807, 2.05) is 24.3 Å². The van der Waals surface area contributed by atoms with Crippen LogP contribution in [0.3, 0.4) is 0 Å². The van der Waals surface area contributed by atoms with Gasteiger partial charge in [0.05, 0.1) is 28.3 Å². The van der Waals surface area contributed by atoms with Crippen LogP contribution in [0.25, 0.3) is 10.2 Å². The van der Waals surface area contributed by atoms with Gasteiger partial charge in [-0.25, -0.2) is 4.39 Å². The van der Waals surface area contributed by atoms with Gasteiger partial charge in [0.1, 0.15) is 5.82 Å². The number of para-hydroxylation sites is 1. The van der Waals surface area contributed by atoms with E-state index < -0.39 is 0 Å². The van der Waals surface area contributed by atoms with Crippen LogP contribution in [0, 0.1) is 18.2 Å². The molecular weight excluding hydrogens is 421 g/mol. The minimum Gasteiger partial charge on any atom is -0.311 e. The van der Waals surface area contributed by atoms with Crippen molar-refractivity contribution in [3.05, 3.63) is 58.6 Å². The molecule has 0 spiro atoms. The molecule has 1 aliphatic heterocycles. The molecule has 0 bridgehead atoms. The number of aromatic nitrogens is 1. The van der Waals surface area contributed by atoms with Gasteiger partial charge in [0.15, 0.2) is 4.80 Å². The molecule has 0 fully saturated rings. The van der Waals surface area contributed by atoms with E-state index in [0.717, 1.165) is 17.6 Å². The van der Waals surface area contributed by atoms with Gasteiger partial charge in [0.25, 0.3) is 5.91 Å². The fraction of sp³-hybridized carbons (Fsp3) is 0.227. The van der Waals surface area contributed by atoms with Crippen LogP contribution in [0.1, 0.15) is 5.56 Å². The lowest BCUT2D eigenvalue weighted by atomic mass is 10.2. The first kappa shape index (κ1) is 20.4. The van der Waals surface area contributed by atoms with Crippen molar-refractivity contribution in [1.29, 1.82) is 0 Å². The molecule has 8 heteroatoms. The summed E-state index contributed by atoms with van der Waals surface area (Å²) in [5.41, 5.74) is 2.86. The number of carbonyl (C=O) groups is 2. The van der Waals surface area contributed by atoms with Crippen LogP contribution >= 0.6 is 23.1 Å². The first-order valence-electron chi connectivity index (χ1n) is 9.33. The Balaban J connectivity index is 1.43. The van der Waals surface area contributed by atoms with Crippen LogP contribution in [0.4, 0.5) is 10.1 Å². The zero-order valence-corrected chi connectivity index (χ0v) is 17.6. The van der Waals surface area contributed by atoms with Crippen molar-refractivity contribution in [1.82, 2.24) is 4.57 Å². The Morgan fingerprint density at radius 2 is 2.07 bits per heavy atom. The van der Waals surface area contributed by atoms with E-state index in [2.05, 4.69) is 10.9 Å². The Morgan fingerprint density at radius 1 is 1.23 bits per heavy atom. The zero-order chi connectivity index (χ0) is 21.1. The third-order valence-electron chi connectivity index (χ3n) is 4.75. The van der Waals surface area contributed by atoms with Crippen LogP contribution in [0.15, 0.2) is 47.5 Å². The lowest BCUT2D eigenvalue weighted by molar-refractivity contribution is -0.116. The van der Waals surface area contributed by atoms with Crippen LogP contribution in [-0.4, -0.2) is 34.4 Å². The Hall–Kier alpha value is -2.89. The second kappa shape index (κ2) is 8.86. The molecule has 0 radical (unpaired) electrons. The maximum absolute atomic E-state index is 13.5. The number of carbonyl (C=O) groups excluding carboxylic acids is 2. The van der Waals surface area contributed by atoms with Crippen molar-refractivity contribution in [2.45, 2.75) is 13.0 Å². The molecule has 0 saturated heterocycles. The van der Waals surface area contributed by atoms with Crippen LogP contribution in [0.2, 0.25) is 0 Å². The van der Waals surface area contributed by atoms with Crippen LogP contribution < -0.4 is 9.70 Å². The molecule has 0 unspecified atom stereocenters. The standard InChI is InChI=1S/C22H18FN3O2S2/c1-2-10-26-18-8-7-16(23)12-19(18)30-22(26)24-20(27)13-29-14-21(28)25-11-9-15-5-3-4-6-17(15)25/h1,3-8,12H,9-11,13-14H2. The number of anilines is 1. The minimum absolute atomic E-state index is 0.0162. The van der Waals surface area contributed by atoms with Crippen molar-refractivity contribution in [2.75, 3.05) is 23.0 Å². The van der Waals surface area contributed by atoms with Gasteiger partial charge >= 0.3 is 0 Å². The first-order valence-corrected chi connectivity index (χ1v) is 11.3. The number of fused-ring (bicyclic) bond motifs is 2. The summed E-state index contributed by atoms with van der Waals surface area (Å²) >= 11 is 2.45. The highest BCUT2D eigenvalue weighted by Gasteiger charge is 2.23. The minimum atomic E-state index is -0.355. The number of terminal acetylenes is 1. The highest BCUT2D eigenvalue weighted by Crippen LogP contribution is 2.28. The second-order valence-corrected chi connectivity index (χ2v) is 8.70. The van der Waals surface area contributed by atoms with E-state index in [0.29, 0.717) is 16.0 Å². The predicted octanol–water partition coefficient (Wildman–Crippen LogP) is 3.22. The fourth-order valence-corrected chi connectivity index (χ4v) is 5.16. The average Bonchev–Trinajstić information content (AvgIpc) is 3.29. The molecule has 1 aliphatic rings. The van der Waals surface area contributed by atoms with Crippen molar-refractivity contribution in [3.63, 3.8) is 0 Å². The van der Waals surface area contributed by atoms with E-state index >= 15 is 0 Å². The summed E-state index contributed by atoms with van der Waals surface area (Å²) in [6.45, 7) is 0.902. The molecule has 0 N–H and O–H groups in total. The topological polar surface area (TPSA) is 54.7 Å². The van der Waals surface area contributed by atoms with E-state index in [4.69, 9.17) is 6.42 Å². The number of amides is 2. The Bertz CT molecular complexity index is 1240. The number of thioether (sulfide) groups is 1. The quantitative estimate of drug-likeness (QED) is 0.574. The van der Waals surface area contributed by atoms with Crippen molar-refractivity contribution in [2.24, 2.45) is 4.99 Å². The summed E-state index contributed by atoms with van der Waals surface area (Å²) in [6.07, 6.45) is 6.28. The summed E-state index contributed by atoms with van der Waals surface area (Å²) < 4.78 is 15.9. The molecule has 2 amide bonds. The van der Waals surface area contributed by atoms with Crippen LogP contribution in [0.5, 0.6) is 0 Å². The molecule has 2 heterocycles. The molecule has 4 rings (SSSR count). The molecule has 2 aromatic carbocycles. The van der Waals surface area contributed by atoms with Crippen molar-refractivity contribution >= 4 is 50.8 Å². The third-order valence-corrected chi connectivity index (χ3v) is 6.70. The van der Waals surface area contributed by atoms with Gasteiger partial charge in [0, 0.05) is 12.2 Å². The molecule has 5 nitrogen and oxygen atoms in total. The predicted molar refractivity (Wildman–Crippen MR) is 119 cm³/mol. The number of halogens is 1. The highest BCUT2D eigenvalue weighted by molar-refractivity contribution is 8.00. The van der Waals surface area contributed by atoms with E-state index in [9.17, 15) is 14.0 Å². The lowest BCUT2D eigenvalue weighted by Crippen LogP contribution is -2.30. The van der Waals surface area contributed by atoms with Crippen molar-refractivity contribution in [3.8, 4) is 12.3 Å². The van der Waals surface area contributed by atoms with Gasteiger partial charge in [0.2, 0.25) is 5.91 Å². The summed E-state index contributed by atoms with van der Waals surface area (Å²) in [4.78, 5) is 31.3. The summed E-state index contributed by atoms with van der Waals surface area (Å²) in [5.74, 6) is 2.10. The maximum atomic E-state index is 13.5. The summed E-state index contributed by atoms with van der Waals surface area (Å²) in [6, 6.07) is 12.2. The van der Waals surface area contributed by atoms with E-state index in [-0.39, 0.29) is 35.7 Å². The number of thiazole rings is 1. The molecular formula is C22H18FN3O2S2. The largest absolute Gasteiger partial charge is 0.311 e. The molecule has 152 valence electrons. The second-order valence-electron chi connectivity index (χ2n) is 6.71. The molecule has 0 saturated carbocycles. The normalized spacial score (nSPS) is 13.5. The third kappa shape index (κ3) is 4.18. The number of hydrogen-bond acceptors (Lipinski definition) is 4. The molecule has 0 atom stereocenters. The highest BCUT2D eigenvalue weighted by atomic mass is 32.2. The van der Waals surface area contributed by atoms with Gasteiger partial charge in [-0.05, 0) is 36.2 Å². The number of benzene rings is 2. The SMILES string of the molecule is C#CCn1c(=NC(=O)CSCC(=O)N2CCc3ccccc32)sc2cc(F)ccc21. The molecule has 1 aromatic heterocycles. The zero-order valence-electron chi connectivity index (χ0n) is 16.0. The van der Waals surface area contributed by atoms with E-state index in [1.165, 1.54) is 40.8 Å². The monoisotopic (exact) mass is 439 g/mol. The first-order chi connectivity index (χ1) is 14.6. The van der Waals surface area contributed by atoms with Gasteiger partial charge in [-0.2, -0.15) is 4.99 Å². The summed E-state index contributed by atoms with van der Waals surface area (Å²) in [5, 5.41) is 0. The molecule has 0 aliphatic carbocycles. The van der Waals surface area contributed by atoms with Gasteiger partial charge < -0.3 is 9.47 Å². The van der Waals surface area contributed by atoms with Gasteiger partial charge in [-0.3, -0.25) is 9.59 Å². The number of rotatable bonds is 5. The van der Waals surface area contributed by atoms with Crippen LogP contribution in [-0.2, 0) is 22.6 Å². The Kier molecular flexibility index (Phi) is 6.02. The maximum Gasteiger partial charge on any atom is 0.258 e. The summed E-state index contributed by atoms with van der Waals surface area (Å²) in [7, 11) is 0. The number of nitrogens with zero attached hydrogens (tertiary/aromatic N) is 3. The Morgan fingerprint density at radius 3 is 2.90 bits per heavy atom. The van der Waals surface area contributed by atoms with Gasteiger partial charge in [-0.1, -0.05) is 35.5 Å². The smallest absolute Gasteiger partial charge is 0.258 e.